The molecule has 18 heavy (non-hydrogen) atoms. The van der Waals surface area contributed by atoms with E-state index in [9.17, 15) is 9.18 Å². The molecule has 0 aliphatic rings. The third kappa shape index (κ3) is 2.90. The van der Waals surface area contributed by atoms with Gasteiger partial charge in [-0.25, -0.2) is 4.39 Å². The molecule has 0 radical (unpaired) electrons. The van der Waals surface area contributed by atoms with Gasteiger partial charge in [-0.1, -0.05) is 0 Å². The molecule has 2 aromatic rings. The minimum Gasteiger partial charge on any atom is -0.399 e. The zero-order chi connectivity index (χ0) is 13.3. The van der Waals surface area contributed by atoms with Crippen molar-refractivity contribution in [2.24, 2.45) is 0 Å². The Kier molecular flexibility index (Phi) is 4.04. The summed E-state index contributed by atoms with van der Waals surface area (Å²) in [5.74, 6) is -0.900. The van der Waals surface area contributed by atoms with Crippen LogP contribution in [0.15, 0.2) is 32.5 Å². The van der Waals surface area contributed by atoms with Gasteiger partial charge in [0.1, 0.15) is 5.82 Å². The van der Waals surface area contributed by atoms with Crippen LogP contribution in [0.25, 0.3) is 0 Å². The minimum atomic E-state index is -0.521. The van der Waals surface area contributed by atoms with Crippen LogP contribution in [-0.4, -0.2) is 5.91 Å². The number of amides is 1. The number of benzene rings is 1. The molecular weight excluding hydrogens is 387 g/mol. The first kappa shape index (κ1) is 13.5. The summed E-state index contributed by atoms with van der Waals surface area (Å²) in [6, 6.07) is 5.69. The van der Waals surface area contributed by atoms with Crippen molar-refractivity contribution < 1.29 is 9.18 Å². The number of nitrogens with two attached hydrogens (primary N) is 1. The van der Waals surface area contributed by atoms with E-state index in [0.717, 1.165) is 8.26 Å². The van der Waals surface area contributed by atoms with Gasteiger partial charge in [0.05, 0.1) is 14.4 Å². The molecule has 3 nitrogen and oxygen atoms in total. The highest BCUT2D eigenvalue weighted by atomic mass is 79.9. The van der Waals surface area contributed by atoms with Crippen molar-refractivity contribution in [1.82, 2.24) is 0 Å². The van der Waals surface area contributed by atoms with Gasteiger partial charge >= 0.3 is 0 Å². The molecule has 2 rings (SSSR count). The van der Waals surface area contributed by atoms with Crippen LogP contribution in [0.2, 0.25) is 0 Å². The van der Waals surface area contributed by atoms with E-state index in [1.54, 1.807) is 6.07 Å². The van der Waals surface area contributed by atoms with Crippen LogP contribution in [0, 0.1) is 5.82 Å². The highest BCUT2D eigenvalue weighted by molar-refractivity contribution is 9.13. The van der Waals surface area contributed by atoms with E-state index >= 15 is 0 Å². The van der Waals surface area contributed by atoms with Crippen LogP contribution in [0.5, 0.6) is 0 Å². The Morgan fingerprint density at radius 3 is 2.67 bits per heavy atom. The monoisotopic (exact) mass is 392 g/mol. The first-order valence-electron chi connectivity index (χ1n) is 4.78. The molecule has 1 aromatic carbocycles. The molecule has 94 valence electrons. The molecule has 1 heterocycles. The molecule has 0 spiro atoms. The Balaban J connectivity index is 2.23. The summed E-state index contributed by atoms with van der Waals surface area (Å²) in [5, 5.41) is 2.48. The van der Waals surface area contributed by atoms with Crippen molar-refractivity contribution in [2.45, 2.75) is 0 Å². The van der Waals surface area contributed by atoms with Crippen LogP contribution in [-0.2, 0) is 0 Å². The molecule has 1 amide bonds. The van der Waals surface area contributed by atoms with Crippen molar-refractivity contribution in [3.05, 3.63) is 43.2 Å². The molecule has 0 saturated heterocycles. The highest BCUT2D eigenvalue weighted by Gasteiger charge is 2.14. The van der Waals surface area contributed by atoms with Crippen molar-refractivity contribution in [1.29, 1.82) is 0 Å². The molecule has 0 atom stereocenters. The molecule has 0 fully saturated rings. The number of nitrogens with one attached hydrogen (secondary N) is 1. The predicted molar refractivity (Wildman–Crippen MR) is 78.5 cm³/mol. The third-order valence-electron chi connectivity index (χ3n) is 2.11. The number of hydrogen-bond donors (Lipinski definition) is 2. The summed E-state index contributed by atoms with van der Waals surface area (Å²) in [6.45, 7) is 0. The number of halogens is 3. The quantitative estimate of drug-likeness (QED) is 0.749. The van der Waals surface area contributed by atoms with E-state index in [0.29, 0.717) is 10.6 Å². The van der Waals surface area contributed by atoms with E-state index < -0.39 is 5.82 Å². The molecule has 0 saturated carbocycles. The fourth-order valence-electron chi connectivity index (χ4n) is 1.28. The molecule has 0 bridgehead atoms. The second-order valence-corrected chi connectivity index (χ2v) is 6.65. The highest BCUT2D eigenvalue weighted by Crippen LogP contribution is 2.32. The smallest absolute Gasteiger partial charge is 0.265 e. The van der Waals surface area contributed by atoms with Crippen LogP contribution in [0.1, 0.15) is 9.67 Å². The zero-order valence-corrected chi connectivity index (χ0v) is 12.8. The minimum absolute atomic E-state index is 0.0700. The summed E-state index contributed by atoms with van der Waals surface area (Å²) >= 11 is 7.83. The van der Waals surface area contributed by atoms with Crippen LogP contribution >= 0.6 is 43.2 Å². The van der Waals surface area contributed by atoms with Crippen LogP contribution < -0.4 is 11.1 Å². The van der Waals surface area contributed by atoms with Gasteiger partial charge in [0, 0.05) is 10.2 Å². The van der Waals surface area contributed by atoms with Gasteiger partial charge < -0.3 is 11.1 Å². The predicted octanol–water partition coefficient (Wildman–Crippen LogP) is 4.25. The standard InChI is InChI=1S/C11H7Br2FN2OS/c12-6-4-9(18-10(6)13)11(17)16-8-3-5(15)1-2-7(8)14/h1-4H,15H2,(H,16,17). The van der Waals surface area contributed by atoms with E-state index in [4.69, 9.17) is 5.73 Å². The van der Waals surface area contributed by atoms with Gasteiger partial charge in [0.2, 0.25) is 0 Å². The lowest BCUT2D eigenvalue weighted by molar-refractivity contribution is 0.103. The van der Waals surface area contributed by atoms with Gasteiger partial charge in [-0.2, -0.15) is 0 Å². The number of carbonyl (C=O) groups is 1. The van der Waals surface area contributed by atoms with Crippen molar-refractivity contribution in [2.75, 3.05) is 11.1 Å². The van der Waals surface area contributed by atoms with Gasteiger partial charge in [-0.15, -0.1) is 11.3 Å². The molecule has 0 unspecified atom stereocenters. The number of rotatable bonds is 2. The van der Waals surface area contributed by atoms with E-state index in [1.165, 1.54) is 29.5 Å². The lowest BCUT2D eigenvalue weighted by Crippen LogP contribution is -2.11. The second-order valence-electron chi connectivity index (χ2n) is 3.43. The molecule has 1 aromatic heterocycles. The summed E-state index contributed by atoms with van der Waals surface area (Å²) in [7, 11) is 0. The number of nitrogen functional groups attached to an aromatic ring is 1. The fourth-order valence-corrected chi connectivity index (χ4v) is 3.21. The van der Waals surface area contributed by atoms with Gasteiger partial charge in [0.15, 0.2) is 0 Å². The number of thiophene rings is 1. The Morgan fingerprint density at radius 1 is 1.33 bits per heavy atom. The van der Waals surface area contributed by atoms with Gasteiger partial charge in [0.25, 0.3) is 5.91 Å². The molecular formula is C11H7Br2FN2OS. The molecule has 7 heteroatoms. The Hall–Kier alpha value is -0.920. The summed E-state index contributed by atoms with van der Waals surface area (Å²) in [6.07, 6.45) is 0. The van der Waals surface area contributed by atoms with E-state index in [2.05, 4.69) is 37.2 Å². The number of anilines is 2. The largest absolute Gasteiger partial charge is 0.399 e. The Labute approximate surface area is 123 Å². The van der Waals surface area contributed by atoms with Crippen LogP contribution in [0.4, 0.5) is 15.8 Å². The summed E-state index contributed by atoms with van der Waals surface area (Å²) in [5.41, 5.74) is 6.00. The average molecular weight is 394 g/mol. The normalized spacial score (nSPS) is 10.4. The zero-order valence-electron chi connectivity index (χ0n) is 8.84. The maximum atomic E-state index is 13.4. The number of carbonyl (C=O) groups excluding carboxylic acids is 1. The number of hydrogen-bond acceptors (Lipinski definition) is 3. The molecule has 0 aliphatic carbocycles. The first-order valence-corrected chi connectivity index (χ1v) is 7.19. The average Bonchev–Trinajstić information content (AvgIpc) is 2.64. The van der Waals surface area contributed by atoms with E-state index in [-0.39, 0.29) is 11.6 Å². The fraction of sp³-hybridized carbons (Fsp3) is 0. The van der Waals surface area contributed by atoms with Crippen LogP contribution in [0.3, 0.4) is 0 Å². The van der Waals surface area contributed by atoms with Gasteiger partial charge in [-0.3, -0.25) is 4.79 Å². The molecule has 3 N–H and O–H groups in total. The third-order valence-corrected chi connectivity index (χ3v) is 5.36. The van der Waals surface area contributed by atoms with E-state index in [1.807, 2.05) is 0 Å². The first-order chi connectivity index (χ1) is 8.47. The SMILES string of the molecule is Nc1ccc(F)c(NC(=O)c2cc(Br)c(Br)s2)c1. The summed E-state index contributed by atoms with van der Waals surface area (Å²) < 4.78 is 15.0. The Bertz CT molecular complexity index is 596. The topological polar surface area (TPSA) is 55.1 Å². The van der Waals surface area contributed by atoms with Crippen molar-refractivity contribution >= 4 is 60.5 Å². The van der Waals surface area contributed by atoms with Crippen molar-refractivity contribution in [3.63, 3.8) is 0 Å². The lowest BCUT2D eigenvalue weighted by atomic mass is 10.2. The lowest BCUT2D eigenvalue weighted by Gasteiger charge is -2.05. The maximum absolute atomic E-state index is 13.4. The Morgan fingerprint density at radius 2 is 2.06 bits per heavy atom. The summed E-state index contributed by atoms with van der Waals surface area (Å²) in [4.78, 5) is 12.4. The van der Waals surface area contributed by atoms with Crippen molar-refractivity contribution in [3.8, 4) is 0 Å². The maximum Gasteiger partial charge on any atom is 0.265 e. The second kappa shape index (κ2) is 5.38. The molecule has 0 aliphatic heterocycles. The van der Waals surface area contributed by atoms with Gasteiger partial charge in [-0.05, 0) is 56.1 Å².